The first-order valence-corrected chi connectivity index (χ1v) is 5.82. The van der Waals surface area contributed by atoms with E-state index >= 15 is 0 Å². The van der Waals surface area contributed by atoms with Gasteiger partial charge in [0, 0.05) is 24.2 Å². The Morgan fingerprint density at radius 2 is 2.12 bits per heavy atom. The van der Waals surface area contributed by atoms with E-state index in [0.29, 0.717) is 35.6 Å². The molecule has 0 amide bonds. The van der Waals surface area contributed by atoms with Gasteiger partial charge in [0.05, 0.1) is 5.02 Å². The van der Waals surface area contributed by atoms with Crippen LogP contribution in [0.25, 0.3) is 0 Å². The minimum Gasteiger partial charge on any atom is -0.489 e. The number of halogens is 2. The number of hydrogen-bond donors (Lipinski definition) is 1. The largest absolute Gasteiger partial charge is 0.489 e. The van der Waals surface area contributed by atoms with E-state index in [0.717, 1.165) is 0 Å². The van der Waals surface area contributed by atoms with E-state index in [-0.39, 0.29) is 6.10 Å². The highest BCUT2D eigenvalue weighted by molar-refractivity contribution is 6.34. The van der Waals surface area contributed by atoms with Gasteiger partial charge in [-0.25, -0.2) is 0 Å². The second kappa shape index (κ2) is 6.97. The van der Waals surface area contributed by atoms with Crippen molar-refractivity contribution < 1.29 is 9.47 Å². The fraction of sp³-hybridized carbons (Fsp3) is 0.455. The SMILES string of the molecule is CCOC(CN)COc1cc(Cl)ccc1Cl. The Morgan fingerprint density at radius 1 is 1.38 bits per heavy atom. The van der Waals surface area contributed by atoms with Crippen LogP contribution in [0.15, 0.2) is 18.2 Å². The molecule has 90 valence electrons. The van der Waals surface area contributed by atoms with Gasteiger partial charge in [-0.15, -0.1) is 0 Å². The Balaban J connectivity index is 2.55. The smallest absolute Gasteiger partial charge is 0.139 e. The van der Waals surface area contributed by atoms with Crippen LogP contribution in [0, 0.1) is 0 Å². The van der Waals surface area contributed by atoms with E-state index in [4.69, 9.17) is 38.4 Å². The van der Waals surface area contributed by atoms with E-state index in [1.165, 1.54) is 0 Å². The zero-order valence-electron chi connectivity index (χ0n) is 9.08. The Morgan fingerprint density at radius 3 is 2.75 bits per heavy atom. The summed E-state index contributed by atoms with van der Waals surface area (Å²) in [6.07, 6.45) is -0.125. The van der Waals surface area contributed by atoms with Crippen molar-refractivity contribution in [2.45, 2.75) is 13.0 Å². The summed E-state index contributed by atoms with van der Waals surface area (Å²) in [6.45, 7) is 3.29. The maximum absolute atomic E-state index is 5.94. The molecule has 0 aromatic heterocycles. The lowest BCUT2D eigenvalue weighted by atomic mass is 10.3. The van der Waals surface area contributed by atoms with Crippen molar-refractivity contribution in [1.82, 2.24) is 0 Å². The molecular weight excluding hydrogens is 249 g/mol. The average Bonchev–Trinajstić information content (AvgIpc) is 2.28. The van der Waals surface area contributed by atoms with E-state index in [1.807, 2.05) is 6.92 Å². The van der Waals surface area contributed by atoms with Gasteiger partial charge in [-0.05, 0) is 19.1 Å². The van der Waals surface area contributed by atoms with Gasteiger partial charge >= 0.3 is 0 Å². The van der Waals surface area contributed by atoms with Gasteiger partial charge in [-0.2, -0.15) is 0 Å². The second-order valence-corrected chi connectivity index (χ2v) is 4.04. The Hall–Kier alpha value is -0.480. The summed E-state index contributed by atoms with van der Waals surface area (Å²) in [7, 11) is 0. The number of rotatable bonds is 6. The Kier molecular flexibility index (Phi) is 5.91. The van der Waals surface area contributed by atoms with Crippen molar-refractivity contribution >= 4 is 23.2 Å². The zero-order valence-corrected chi connectivity index (χ0v) is 10.6. The summed E-state index contributed by atoms with van der Waals surface area (Å²) >= 11 is 11.8. The molecule has 5 heteroatoms. The number of hydrogen-bond acceptors (Lipinski definition) is 3. The summed E-state index contributed by atoms with van der Waals surface area (Å²) < 4.78 is 10.9. The van der Waals surface area contributed by atoms with E-state index < -0.39 is 0 Å². The fourth-order valence-corrected chi connectivity index (χ4v) is 1.52. The standard InChI is InChI=1S/C11H15Cl2NO2/c1-2-15-9(6-14)7-16-11-5-8(12)3-4-10(11)13/h3-5,9H,2,6-7,14H2,1H3. The van der Waals surface area contributed by atoms with Crippen molar-refractivity contribution in [2.24, 2.45) is 5.73 Å². The van der Waals surface area contributed by atoms with E-state index in [2.05, 4.69) is 0 Å². The molecule has 3 nitrogen and oxygen atoms in total. The maximum atomic E-state index is 5.94. The topological polar surface area (TPSA) is 44.5 Å². The van der Waals surface area contributed by atoms with Gasteiger partial charge in [0.15, 0.2) is 0 Å². The van der Waals surface area contributed by atoms with Crippen LogP contribution < -0.4 is 10.5 Å². The van der Waals surface area contributed by atoms with Crippen molar-refractivity contribution in [3.8, 4) is 5.75 Å². The van der Waals surface area contributed by atoms with Gasteiger partial charge in [-0.1, -0.05) is 23.2 Å². The summed E-state index contributed by atoms with van der Waals surface area (Å²) in [5.74, 6) is 0.548. The summed E-state index contributed by atoms with van der Waals surface area (Å²) in [6, 6.07) is 5.07. The summed E-state index contributed by atoms with van der Waals surface area (Å²) in [4.78, 5) is 0. The summed E-state index contributed by atoms with van der Waals surface area (Å²) in [5.41, 5.74) is 5.53. The molecule has 0 spiro atoms. The van der Waals surface area contributed by atoms with Crippen LogP contribution in [-0.2, 0) is 4.74 Å². The molecule has 1 aromatic rings. The molecule has 0 saturated carbocycles. The zero-order chi connectivity index (χ0) is 12.0. The lowest BCUT2D eigenvalue weighted by molar-refractivity contribution is 0.0337. The molecule has 1 rings (SSSR count). The highest BCUT2D eigenvalue weighted by Crippen LogP contribution is 2.27. The molecule has 0 bridgehead atoms. The Labute approximate surface area is 105 Å². The maximum Gasteiger partial charge on any atom is 0.139 e. The van der Waals surface area contributed by atoms with Gasteiger partial charge in [0.2, 0.25) is 0 Å². The second-order valence-electron chi connectivity index (χ2n) is 3.20. The van der Waals surface area contributed by atoms with Crippen LogP contribution in [0.5, 0.6) is 5.75 Å². The van der Waals surface area contributed by atoms with Crippen LogP contribution in [0.2, 0.25) is 10.0 Å². The third kappa shape index (κ3) is 4.18. The first-order valence-electron chi connectivity index (χ1n) is 5.07. The fourth-order valence-electron chi connectivity index (χ4n) is 1.19. The number of benzene rings is 1. The van der Waals surface area contributed by atoms with Crippen LogP contribution >= 0.6 is 23.2 Å². The molecule has 1 aromatic carbocycles. The minimum absolute atomic E-state index is 0.125. The monoisotopic (exact) mass is 263 g/mol. The quantitative estimate of drug-likeness (QED) is 0.859. The van der Waals surface area contributed by atoms with Crippen LogP contribution in [0.3, 0.4) is 0 Å². The number of nitrogens with two attached hydrogens (primary N) is 1. The predicted molar refractivity (Wildman–Crippen MR) is 66.4 cm³/mol. The van der Waals surface area contributed by atoms with Crippen molar-refractivity contribution in [3.05, 3.63) is 28.2 Å². The molecule has 2 N–H and O–H groups in total. The highest BCUT2D eigenvalue weighted by Gasteiger charge is 2.09. The molecule has 0 aliphatic rings. The van der Waals surface area contributed by atoms with Gasteiger partial charge in [-0.3, -0.25) is 0 Å². The first-order chi connectivity index (χ1) is 7.67. The van der Waals surface area contributed by atoms with Gasteiger partial charge in [0.1, 0.15) is 18.5 Å². The molecule has 16 heavy (non-hydrogen) atoms. The molecule has 0 heterocycles. The number of ether oxygens (including phenoxy) is 2. The molecule has 0 aliphatic carbocycles. The highest BCUT2D eigenvalue weighted by atomic mass is 35.5. The normalized spacial score (nSPS) is 12.5. The van der Waals surface area contributed by atoms with Crippen molar-refractivity contribution in [2.75, 3.05) is 19.8 Å². The lowest BCUT2D eigenvalue weighted by Crippen LogP contribution is -2.30. The Bertz CT molecular complexity index is 334. The van der Waals surface area contributed by atoms with Crippen molar-refractivity contribution in [3.63, 3.8) is 0 Å². The molecule has 1 atom stereocenters. The molecule has 1 unspecified atom stereocenters. The molecule has 0 saturated heterocycles. The minimum atomic E-state index is -0.125. The first kappa shape index (κ1) is 13.6. The van der Waals surface area contributed by atoms with E-state index in [9.17, 15) is 0 Å². The third-order valence-corrected chi connectivity index (χ3v) is 2.53. The van der Waals surface area contributed by atoms with Crippen molar-refractivity contribution in [1.29, 1.82) is 0 Å². The summed E-state index contributed by atoms with van der Waals surface area (Å²) in [5, 5.41) is 1.11. The molecule has 0 fully saturated rings. The van der Waals surface area contributed by atoms with Crippen LogP contribution in [-0.4, -0.2) is 25.9 Å². The molecule has 0 aliphatic heterocycles. The van der Waals surface area contributed by atoms with Crippen LogP contribution in [0.4, 0.5) is 0 Å². The molecular formula is C11H15Cl2NO2. The van der Waals surface area contributed by atoms with Gasteiger partial charge < -0.3 is 15.2 Å². The van der Waals surface area contributed by atoms with Gasteiger partial charge in [0.25, 0.3) is 0 Å². The van der Waals surface area contributed by atoms with Crippen LogP contribution in [0.1, 0.15) is 6.92 Å². The lowest BCUT2D eigenvalue weighted by Gasteiger charge is -2.16. The van der Waals surface area contributed by atoms with E-state index in [1.54, 1.807) is 18.2 Å². The molecule has 0 radical (unpaired) electrons. The average molecular weight is 264 g/mol. The third-order valence-electron chi connectivity index (χ3n) is 1.98. The predicted octanol–water partition coefficient (Wildman–Crippen LogP) is 2.74.